The molecule has 5 rings (SSSR count). The number of hydrogen-bond donors (Lipinski definition) is 1. The standard InChI is InChI=1S/C22H13NO3/c24-20-13-6-2-1-5-12(13)11-17-14(20)9-10-16(21(17)25)19-22(26)15-7-3-4-8-18(15)23-19/h1-10,25H,11H2. The molecule has 0 radical (unpaired) electrons. The van der Waals surface area contributed by atoms with Crippen molar-refractivity contribution < 1.29 is 14.7 Å². The van der Waals surface area contributed by atoms with Crippen LogP contribution < -0.4 is 0 Å². The molecule has 2 aliphatic rings. The van der Waals surface area contributed by atoms with Gasteiger partial charge >= 0.3 is 0 Å². The van der Waals surface area contributed by atoms with E-state index >= 15 is 0 Å². The normalized spacial score (nSPS) is 14.5. The molecule has 4 nitrogen and oxygen atoms in total. The highest BCUT2D eigenvalue weighted by Gasteiger charge is 2.31. The molecule has 0 saturated heterocycles. The molecule has 1 aliphatic carbocycles. The van der Waals surface area contributed by atoms with Crippen LogP contribution in [0.2, 0.25) is 0 Å². The number of benzene rings is 3. The van der Waals surface area contributed by atoms with Crippen LogP contribution in [-0.2, 0) is 6.42 Å². The van der Waals surface area contributed by atoms with Gasteiger partial charge in [0.15, 0.2) is 5.78 Å². The number of aliphatic imine (C=N–C) groups is 1. The maximum atomic E-state index is 12.7. The molecular weight excluding hydrogens is 326 g/mol. The first-order chi connectivity index (χ1) is 12.6. The second kappa shape index (κ2) is 5.23. The van der Waals surface area contributed by atoms with Crippen LogP contribution in [-0.4, -0.2) is 22.4 Å². The summed E-state index contributed by atoms with van der Waals surface area (Å²) < 4.78 is 0. The van der Waals surface area contributed by atoms with Gasteiger partial charge in [0.2, 0.25) is 5.78 Å². The molecule has 1 aliphatic heterocycles. The molecule has 0 atom stereocenters. The molecule has 0 spiro atoms. The third-order valence-corrected chi connectivity index (χ3v) is 5.01. The Kier molecular flexibility index (Phi) is 2.97. The molecule has 0 aromatic heterocycles. The van der Waals surface area contributed by atoms with Crippen molar-refractivity contribution >= 4 is 23.0 Å². The molecule has 0 unspecified atom stereocenters. The van der Waals surface area contributed by atoms with Gasteiger partial charge in [-0.25, -0.2) is 4.99 Å². The van der Waals surface area contributed by atoms with Crippen molar-refractivity contribution in [1.82, 2.24) is 0 Å². The summed E-state index contributed by atoms with van der Waals surface area (Å²) in [6.45, 7) is 0. The summed E-state index contributed by atoms with van der Waals surface area (Å²) in [5.41, 5.74) is 4.29. The molecule has 26 heavy (non-hydrogen) atoms. The highest BCUT2D eigenvalue weighted by Crippen LogP contribution is 2.37. The van der Waals surface area contributed by atoms with Crippen LogP contribution in [0.15, 0.2) is 65.7 Å². The number of hydrogen-bond acceptors (Lipinski definition) is 4. The number of aromatic hydroxyl groups is 1. The Balaban J connectivity index is 1.66. The largest absolute Gasteiger partial charge is 0.507 e. The van der Waals surface area contributed by atoms with Gasteiger partial charge in [-0.05, 0) is 29.8 Å². The number of Topliss-reactive ketones (excluding diaryl/α,β-unsaturated/α-hetero) is 1. The van der Waals surface area contributed by atoms with E-state index < -0.39 is 0 Å². The van der Waals surface area contributed by atoms with Gasteiger partial charge in [0.25, 0.3) is 0 Å². The van der Waals surface area contributed by atoms with Gasteiger partial charge in [0.05, 0.1) is 5.69 Å². The van der Waals surface area contributed by atoms with Crippen LogP contribution in [0.3, 0.4) is 0 Å². The molecule has 1 heterocycles. The topological polar surface area (TPSA) is 66.7 Å². The number of para-hydroxylation sites is 1. The average molecular weight is 339 g/mol. The number of rotatable bonds is 1. The molecule has 0 fully saturated rings. The summed E-state index contributed by atoms with van der Waals surface area (Å²) in [5, 5.41) is 10.8. The zero-order valence-electron chi connectivity index (χ0n) is 13.7. The van der Waals surface area contributed by atoms with Crippen molar-refractivity contribution in [2.45, 2.75) is 6.42 Å². The van der Waals surface area contributed by atoms with E-state index in [0.717, 1.165) is 5.56 Å². The number of fused-ring (bicyclic) bond motifs is 3. The fourth-order valence-corrected chi connectivity index (χ4v) is 3.70. The van der Waals surface area contributed by atoms with Gasteiger partial charge in [-0.2, -0.15) is 0 Å². The van der Waals surface area contributed by atoms with Crippen LogP contribution in [0.4, 0.5) is 5.69 Å². The Morgan fingerprint density at radius 2 is 1.42 bits per heavy atom. The van der Waals surface area contributed by atoms with Crippen LogP contribution in [0, 0.1) is 0 Å². The quantitative estimate of drug-likeness (QED) is 0.573. The van der Waals surface area contributed by atoms with Gasteiger partial charge in [-0.15, -0.1) is 0 Å². The highest BCUT2D eigenvalue weighted by molar-refractivity contribution is 6.55. The van der Waals surface area contributed by atoms with Gasteiger partial charge in [0.1, 0.15) is 11.5 Å². The lowest BCUT2D eigenvalue weighted by Gasteiger charge is -2.20. The number of carbonyl (C=O) groups excluding carboxylic acids is 2. The number of ketones is 2. The zero-order chi connectivity index (χ0) is 17.8. The smallest absolute Gasteiger partial charge is 0.214 e. The molecule has 3 aromatic carbocycles. The third kappa shape index (κ3) is 1.93. The molecule has 124 valence electrons. The molecule has 4 heteroatoms. The summed E-state index contributed by atoms with van der Waals surface area (Å²) in [6.07, 6.45) is 0.450. The summed E-state index contributed by atoms with van der Waals surface area (Å²) in [7, 11) is 0. The first kappa shape index (κ1) is 14.8. The van der Waals surface area contributed by atoms with Crippen molar-refractivity contribution in [1.29, 1.82) is 0 Å². The van der Waals surface area contributed by atoms with E-state index in [1.807, 2.05) is 24.3 Å². The van der Waals surface area contributed by atoms with Crippen molar-refractivity contribution in [3.8, 4) is 5.75 Å². The second-order valence-corrected chi connectivity index (χ2v) is 6.46. The average Bonchev–Trinajstić information content (AvgIpc) is 3.00. The van der Waals surface area contributed by atoms with Gasteiger partial charge in [-0.1, -0.05) is 36.4 Å². The number of phenols is 1. The minimum Gasteiger partial charge on any atom is -0.507 e. The van der Waals surface area contributed by atoms with Crippen LogP contribution >= 0.6 is 0 Å². The maximum absolute atomic E-state index is 12.7. The number of carbonyl (C=O) groups is 2. The Bertz CT molecular complexity index is 1160. The highest BCUT2D eigenvalue weighted by atomic mass is 16.3. The minimum absolute atomic E-state index is 0.0368. The summed E-state index contributed by atoms with van der Waals surface area (Å²) in [6, 6.07) is 17.8. The lowest BCUT2D eigenvalue weighted by molar-refractivity contribution is 0.103. The first-order valence-electron chi connectivity index (χ1n) is 8.35. The summed E-state index contributed by atoms with van der Waals surface area (Å²) in [5.74, 6) is -0.352. The van der Waals surface area contributed by atoms with E-state index in [0.29, 0.717) is 39.9 Å². The predicted octanol–water partition coefficient (Wildman–Crippen LogP) is 3.84. The summed E-state index contributed by atoms with van der Waals surface area (Å²) in [4.78, 5) is 29.8. The van der Waals surface area contributed by atoms with E-state index in [-0.39, 0.29) is 23.0 Å². The third-order valence-electron chi connectivity index (χ3n) is 5.01. The molecule has 0 amide bonds. The summed E-state index contributed by atoms with van der Waals surface area (Å²) >= 11 is 0. The maximum Gasteiger partial charge on any atom is 0.214 e. The predicted molar refractivity (Wildman–Crippen MR) is 97.8 cm³/mol. The SMILES string of the molecule is O=C1C(c2ccc3c(c2O)Cc2ccccc2C3=O)=Nc2ccccc21. The monoisotopic (exact) mass is 339 g/mol. The van der Waals surface area contributed by atoms with Crippen molar-refractivity contribution in [2.24, 2.45) is 4.99 Å². The number of phenolic OH excluding ortho intramolecular Hbond substituents is 1. The van der Waals surface area contributed by atoms with Crippen molar-refractivity contribution in [3.63, 3.8) is 0 Å². The molecule has 0 saturated carbocycles. The fraction of sp³-hybridized carbons (Fsp3) is 0.0455. The van der Waals surface area contributed by atoms with E-state index in [9.17, 15) is 14.7 Å². The van der Waals surface area contributed by atoms with E-state index in [4.69, 9.17) is 0 Å². The van der Waals surface area contributed by atoms with E-state index in [2.05, 4.69) is 4.99 Å². The minimum atomic E-state index is -0.210. The Morgan fingerprint density at radius 1 is 0.731 bits per heavy atom. The lowest BCUT2D eigenvalue weighted by atomic mass is 9.83. The first-order valence-corrected chi connectivity index (χ1v) is 8.35. The fourth-order valence-electron chi connectivity index (χ4n) is 3.70. The van der Waals surface area contributed by atoms with Crippen molar-refractivity contribution in [3.05, 3.63) is 94.0 Å². The number of nitrogens with zero attached hydrogens (tertiary/aromatic N) is 1. The second-order valence-electron chi connectivity index (χ2n) is 6.46. The molecule has 0 bridgehead atoms. The van der Waals surface area contributed by atoms with Crippen LogP contribution in [0.25, 0.3) is 0 Å². The lowest BCUT2D eigenvalue weighted by Crippen LogP contribution is -2.18. The van der Waals surface area contributed by atoms with Crippen LogP contribution in [0.1, 0.15) is 43.0 Å². The van der Waals surface area contributed by atoms with Gasteiger partial charge in [0, 0.05) is 34.2 Å². The van der Waals surface area contributed by atoms with Gasteiger partial charge < -0.3 is 5.11 Å². The van der Waals surface area contributed by atoms with Crippen LogP contribution in [0.5, 0.6) is 5.75 Å². The molecule has 3 aromatic rings. The van der Waals surface area contributed by atoms with Gasteiger partial charge in [-0.3, -0.25) is 9.59 Å². The van der Waals surface area contributed by atoms with Crippen molar-refractivity contribution in [2.75, 3.05) is 0 Å². The zero-order valence-corrected chi connectivity index (χ0v) is 13.7. The Hall–Kier alpha value is -3.53. The Morgan fingerprint density at radius 3 is 2.23 bits per heavy atom. The van der Waals surface area contributed by atoms with E-state index in [1.165, 1.54) is 0 Å². The van der Waals surface area contributed by atoms with E-state index in [1.54, 1.807) is 36.4 Å². The molecular formula is C22H13NO3. The Labute approximate surface area is 149 Å². The molecule has 1 N–H and O–H groups in total.